The second-order valence-electron chi connectivity index (χ2n) is 4.71. The van der Waals surface area contributed by atoms with Gasteiger partial charge >= 0.3 is 0 Å². The first-order chi connectivity index (χ1) is 7.83. The van der Waals surface area contributed by atoms with Gasteiger partial charge < -0.3 is 9.84 Å². The van der Waals surface area contributed by atoms with E-state index in [1.807, 2.05) is 25.6 Å². The summed E-state index contributed by atoms with van der Waals surface area (Å²) in [6, 6.07) is 0. The van der Waals surface area contributed by atoms with Crippen molar-refractivity contribution in [2.75, 3.05) is 7.11 Å². The Morgan fingerprint density at radius 1 is 1.53 bits per heavy atom. The summed E-state index contributed by atoms with van der Waals surface area (Å²) in [4.78, 5) is 0. The van der Waals surface area contributed by atoms with Crippen molar-refractivity contribution in [1.82, 2.24) is 9.78 Å². The molecule has 1 heterocycles. The molecule has 1 atom stereocenters. The fourth-order valence-corrected chi connectivity index (χ4v) is 2.38. The van der Waals surface area contributed by atoms with E-state index in [-0.39, 0.29) is 0 Å². The summed E-state index contributed by atoms with van der Waals surface area (Å²) in [5.74, 6) is 0. The smallest absolute Gasteiger partial charge is 0.0884 e. The Morgan fingerprint density at radius 3 is 2.53 bits per heavy atom. The second kappa shape index (κ2) is 5.50. The molecule has 0 aliphatic carbocycles. The Balaban J connectivity index is 2.92. The predicted octanol–water partition coefficient (Wildman–Crippen LogP) is 2.07. The average molecular weight is 305 g/mol. The summed E-state index contributed by atoms with van der Waals surface area (Å²) >= 11 is 3.54. The normalized spacial score (nSPS) is 14.1. The first-order valence-electron chi connectivity index (χ1n) is 5.77. The molecule has 0 fully saturated rings. The molecule has 0 bridgehead atoms. The van der Waals surface area contributed by atoms with Crippen molar-refractivity contribution < 1.29 is 9.84 Å². The maximum absolute atomic E-state index is 10.2. The minimum atomic E-state index is -0.566. The van der Waals surface area contributed by atoms with Gasteiger partial charge in [0.05, 0.1) is 27.6 Å². The third-order valence-corrected chi connectivity index (χ3v) is 4.13. The van der Waals surface area contributed by atoms with Gasteiger partial charge in [-0.15, -0.1) is 0 Å². The van der Waals surface area contributed by atoms with Gasteiger partial charge in [0.15, 0.2) is 0 Å². The number of methoxy groups -OCH3 is 1. The van der Waals surface area contributed by atoms with E-state index in [0.29, 0.717) is 6.42 Å². The van der Waals surface area contributed by atoms with Gasteiger partial charge in [0.25, 0.3) is 0 Å². The fraction of sp³-hybridized carbons (Fsp3) is 0.750. The van der Waals surface area contributed by atoms with Gasteiger partial charge in [0, 0.05) is 20.6 Å². The van der Waals surface area contributed by atoms with E-state index < -0.39 is 11.7 Å². The van der Waals surface area contributed by atoms with Crippen LogP contribution in [-0.4, -0.2) is 33.7 Å². The Labute approximate surface area is 111 Å². The summed E-state index contributed by atoms with van der Waals surface area (Å²) in [7, 11) is 3.50. The molecule has 1 N–H and O–H groups in total. The minimum absolute atomic E-state index is 0.519. The molecule has 0 aliphatic rings. The van der Waals surface area contributed by atoms with E-state index in [0.717, 1.165) is 22.3 Å². The molecule has 1 rings (SSSR count). The Morgan fingerprint density at radius 2 is 2.12 bits per heavy atom. The van der Waals surface area contributed by atoms with Gasteiger partial charge in [-0.05, 0) is 36.2 Å². The molecule has 0 radical (unpaired) electrons. The van der Waals surface area contributed by atoms with Crippen molar-refractivity contribution in [3.8, 4) is 0 Å². The van der Waals surface area contributed by atoms with E-state index in [2.05, 4.69) is 28.0 Å². The zero-order valence-electron chi connectivity index (χ0n) is 11.1. The molecule has 0 saturated carbocycles. The number of aliphatic hydroxyl groups is 1. The minimum Gasteiger partial charge on any atom is -0.390 e. The summed E-state index contributed by atoms with van der Waals surface area (Å²) in [5, 5.41) is 14.6. The van der Waals surface area contributed by atoms with Gasteiger partial charge in [-0.1, -0.05) is 6.92 Å². The van der Waals surface area contributed by atoms with Crippen molar-refractivity contribution in [1.29, 1.82) is 0 Å². The topological polar surface area (TPSA) is 47.3 Å². The number of hydrogen-bond acceptors (Lipinski definition) is 3. The zero-order chi connectivity index (χ0) is 13.2. The molecule has 17 heavy (non-hydrogen) atoms. The van der Waals surface area contributed by atoms with Crippen LogP contribution < -0.4 is 0 Å². The van der Waals surface area contributed by atoms with Gasteiger partial charge in [-0.3, -0.25) is 4.68 Å². The largest absolute Gasteiger partial charge is 0.390 e. The molecule has 98 valence electrons. The molecule has 1 aromatic heterocycles. The first-order valence-corrected chi connectivity index (χ1v) is 6.56. The molecule has 4 nitrogen and oxygen atoms in total. The van der Waals surface area contributed by atoms with Crippen LogP contribution in [0.1, 0.15) is 32.2 Å². The van der Waals surface area contributed by atoms with Gasteiger partial charge in [-0.2, -0.15) is 5.10 Å². The van der Waals surface area contributed by atoms with Crippen LogP contribution in [0.5, 0.6) is 0 Å². The number of aromatic nitrogens is 2. The Kier molecular flexibility index (Phi) is 4.75. The Bertz CT molecular complexity index is 388. The number of rotatable bonds is 5. The van der Waals surface area contributed by atoms with Crippen LogP contribution in [0.3, 0.4) is 0 Å². The van der Waals surface area contributed by atoms with Crippen molar-refractivity contribution >= 4 is 15.9 Å². The molecule has 0 aromatic carbocycles. The highest BCUT2D eigenvalue weighted by molar-refractivity contribution is 9.10. The molecule has 0 spiro atoms. The van der Waals surface area contributed by atoms with Crippen LogP contribution in [0.25, 0.3) is 0 Å². The maximum Gasteiger partial charge on any atom is 0.0884 e. The summed E-state index contributed by atoms with van der Waals surface area (Å²) in [6.45, 7) is 5.82. The van der Waals surface area contributed by atoms with E-state index in [9.17, 15) is 5.11 Å². The monoisotopic (exact) mass is 304 g/mol. The van der Waals surface area contributed by atoms with E-state index >= 15 is 0 Å². The lowest BCUT2D eigenvalue weighted by molar-refractivity contribution is -0.0771. The molecule has 5 heteroatoms. The summed E-state index contributed by atoms with van der Waals surface area (Å²) < 4.78 is 8.10. The highest BCUT2D eigenvalue weighted by atomic mass is 79.9. The summed E-state index contributed by atoms with van der Waals surface area (Å²) in [5.41, 5.74) is 1.46. The lowest BCUT2D eigenvalue weighted by Crippen LogP contribution is -2.39. The molecular weight excluding hydrogens is 284 g/mol. The molecule has 1 unspecified atom stereocenters. The first kappa shape index (κ1) is 14.7. The number of nitrogens with zero attached hydrogens (tertiary/aromatic N) is 2. The highest BCUT2D eigenvalue weighted by Crippen LogP contribution is 2.25. The number of hydrogen-bond donors (Lipinski definition) is 1. The van der Waals surface area contributed by atoms with Crippen molar-refractivity contribution in [2.24, 2.45) is 7.05 Å². The highest BCUT2D eigenvalue weighted by Gasteiger charge is 2.29. The average Bonchev–Trinajstić information content (AvgIpc) is 2.56. The van der Waals surface area contributed by atoms with Crippen LogP contribution >= 0.6 is 15.9 Å². The van der Waals surface area contributed by atoms with Crippen LogP contribution in [-0.2, 0) is 24.6 Å². The zero-order valence-corrected chi connectivity index (χ0v) is 12.7. The lowest BCUT2D eigenvalue weighted by Gasteiger charge is -2.29. The van der Waals surface area contributed by atoms with E-state index in [1.165, 1.54) is 0 Å². The molecule has 0 amide bonds. The third-order valence-electron chi connectivity index (χ3n) is 3.22. The molecule has 0 aliphatic heterocycles. The number of aryl methyl sites for hydroxylation is 2. The fourth-order valence-electron chi connectivity index (χ4n) is 1.61. The molecule has 0 saturated heterocycles. The van der Waals surface area contributed by atoms with Gasteiger partial charge in [-0.25, -0.2) is 0 Å². The third kappa shape index (κ3) is 3.09. The van der Waals surface area contributed by atoms with Gasteiger partial charge in [0.1, 0.15) is 0 Å². The second-order valence-corrected chi connectivity index (χ2v) is 5.51. The van der Waals surface area contributed by atoms with Crippen LogP contribution in [0, 0.1) is 0 Å². The van der Waals surface area contributed by atoms with Crippen LogP contribution in [0.2, 0.25) is 0 Å². The predicted molar refractivity (Wildman–Crippen MR) is 71.1 cm³/mol. The van der Waals surface area contributed by atoms with Crippen LogP contribution in [0.15, 0.2) is 4.47 Å². The Hall–Kier alpha value is -0.390. The lowest BCUT2D eigenvalue weighted by atomic mass is 9.97. The standard InChI is InChI=1S/C12H21BrN2O2/c1-6-8-11(13)9(15(4)14-8)7-10(16)12(2,3)17-5/h10,16H,6-7H2,1-5H3. The number of aliphatic hydroxyl groups excluding tert-OH is 1. The van der Waals surface area contributed by atoms with Crippen LogP contribution in [0.4, 0.5) is 0 Å². The van der Waals surface area contributed by atoms with E-state index in [4.69, 9.17) is 4.74 Å². The number of halogens is 1. The van der Waals surface area contributed by atoms with Crippen molar-refractivity contribution in [3.05, 3.63) is 15.9 Å². The molecule has 1 aromatic rings. The summed E-state index contributed by atoms with van der Waals surface area (Å²) in [6.07, 6.45) is 0.826. The van der Waals surface area contributed by atoms with Crippen molar-refractivity contribution in [2.45, 2.75) is 45.3 Å². The van der Waals surface area contributed by atoms with Gasteiger partial charge in [0.2, 0.25) is 0 Å². The maximum atomic E-state index is 10.2. The quantitative estimate of drug-likeness (QED) is 0.906. The van der Waals surface area contributed by atoms with Crippen molar-refractivity contribution in [3.63, 3.8) is 0 Å². The van der Waals surface area contributed by atoms with E-state index in [1.54, 1.807) is 7.11 Å². The number of ether oxygens (including phenoxy) is 1. The molecular formula is C12H21BrN2O2. The SMILES string of the molecule is CCc1nn(C)c(CC(O)C(C)(C)OC)c1Br.